The smallest absolute Gasteiger partial charge is 0.408 e. The third-order valence-corrected chi connectivity index (χ3v) is 6.35. The number of hydrogen-bond donors (Lipinski definition) is 1. The van der Waals surface area contributed by atoms with Crippen molar-refractivity contribution in [1.82, 2.24) is 20.1 Å². The molecule has 2 fully saturated rings. The van der Waals surface area contributed by atoms with Crippen molar-refractivity contribution >= 4 is 12.0 Å². The van der Waals surface area contributed by atoms with Gasteiger partial charge in [-0.05, 0) is 71.7 Å². The summed E-state index contributed by atoms with van der Waals surface area (Å²) in [6.45, 7) is 6.73. The summed E-state index contributed by atoms with van der Waals surface area (Å²) >= 11 is 0. The number of amides is 2. The minimum absolute atomic E-state index is 0.0615. The number of oxazole rings is 1. The quantitative estimate of drug-likeness (QED) is 0.479. The summed E-state index contributed by atoms with van der Waals surface area (Å²) in [5.41, 5.74) is -0.245. The summed E-state index contributed by atoms with van der Waals surface area (Å²) in [4.78, 5) is 34.3. The molecule has 0 bridgehead atoms. The number of alkyl halides is 2. The van der Waals surface area contributed by atoms with Gasteiger partial charge in [-0.2, -0.15) is 8.78 Å². The average Bonchev–Trinajstić information content (AvgIpc) is 3.57. The van der Waals surface area contributed by atoms with E-state index in [1.165, 1.54) is 18.2 Å². The second-order valence-corrected chi connectivity index (χ2v) is 11.0. The fourth-order valence-electron chi connectivity index (χ4n) is 4.05. The van der Waals surface area contributed by atoms with E-state index in [1.807, 2.05) is 7.05 Å². The Morgan fingerprint density at radius 2 is 1.85 bits per heavy atom. The van der Waals surface area contributed by atoms with Crippen molar-refractivity contribution in [3.8, 4) is 23.0 Å². The molecule has 10 nitrogen and oxygen atoms in total. The highest BCUT2D eigenvalue weighted by molar-refractivity contribution is 5.94. The molecular weight excluding hydrogens is 514 g/mol. The topological polar surface area (TPSA) is 106 Å². The minimum Gasteiger partial charge on any atom is -0.489 e. The van der Waals surface area contributed by atoms with Crippen LogP contribution in [0, 0.1) is 5.92 Å². The number of halogens is 2. The van der Waals surface area contributed by atoms with Crippen LogP contribution in [0.2, 0.25) is 0 Å². The maximum Gasteiger partial charge on any atom is 0.408 e. The Morgan fingerprint density at radius 1 is 1.15 bits per heavy atom. The fraction of sp³-hybridized carbons (Fsp3) is 0.593. The Bertz CT molecular complexity index is 1170. The van der Waals surface area contributed by atoms with Gasteiger partial charge >= 0.3 is 12.7 Å². The lowest BCUT2D eigenvalue weighted by Crippen LogP contribution is -2.47. The van der Waals surface area contributed by atoms with Crippen LogP contribution in [0.4, 0.5) is 13.6 Å². The largest absolute Gasteiger partial charge is 0.489 e. The number of alkyl carbamates (subject to hydrolysis) is 1. The van der Waals surface area contributed by atoms with Crippen LogP contribution < -0.4 is 14.8 Å². The van der Waals surface area contributed by atoms with Crippen LogP contribution in [0.15, 0.2) is 22.6 Å². The summed E-state index contributed by atoms with van der Waals surface area (Å²) in [5.74, 6) is 0.331. The normalized spacial score (nSPS) is 17.2. The van der Waals surface area contributed by atoms with Gasteiger partial charge in [0.25, 0.3) is 5.91 Å². The van der Waals surface area contributed by atoms with Crippen molar-refractivity contribution < 1.29 is 37.0 Å². The second-order valence-electron chi connectivity index (χ2n) is 11.0. The van der Waals surface area contributed by atoms with Crippen LogP contribution in [0.5, 0.6) is 11.5 Å². The van der Waals surface area contributed by atoms with Crippen molar-refractivity contribution in [3.63, 3.8) is 0 Å². The van der Waals surface area contributed by atoms with E-state index in [0.717, 1.165) is 12.8 Å². The fourth-order valence-corrected chi connectivity index (χ4v) is 4.05. The minimum atomic E-state index is -3.01. The lowest BCUT2D eigenvalue weighted by Gasteiger charge is -2.32. The number of carbonyl (C=O) groups is 2. The van der Waals surface area contributed by atoms with Gasteiger partial charge in [0.05, 0.1) is 12.6 Å². The zero-order valence-corrected chi connectivity index (χ0v) is 23.0. The Hall–Kier alpha value is -3.41. The van der Waals surface area contributed by atoms with Crippen LogP contribution in [0.1, 0.15) is 62.8 Å². The molecule has 1 aromatic heterocycles. The van der Waals surface area contributed by atoms with Crippen molar-refractivity contribution in [2.75, 3.05) is 39.8 Å². The first-order valence-electron chi connectivity index (χ1n) is 13.1. The molecule has 0 radical (unpaired) electrons. The Morgan fingerprint density at radius 3 is 2.46 bits per heavy atom. The number of nitrogens with zero attached hydrogens (tertiary/aromatic N) is 3. The van der Waals surface area contributed by atoms with Crippen LogP contribution in [0.3, 0.4) is 0 Å². The predicted octanol–water partition coefficient (Wildman–Crippen LogP) is 4.71. The summed E-state index contributed by atoms with van der Waals surface area (Å²) in [5, 5.41) is 2.70. The number of nitrogens with one attached hydrogen (secondary N) is 1. The molecule has 2 heterocycles. The van der Waals surface area contributed by atoms with E-state index in [2.05, 4.69) is 19.9 Å². The molecule has 2 aromatic rings. The summed E-state index contributed by atoms with van der Waals surface area (Å²) in [6, 6.07) is 3.62. The molecule has 0 unspecified atom stereocenters. The van der Waals surface area contributed by atoms with Gasteiger partial charge in [0, 0.05) is 31.7 Å². The van der Waals surface area contributed by atoms with E-state index in [4.69, 9.17) is 13.9 Å². The number of ether oxygens (including phenoxy) is 3. The number of likely N-dealkylation sites (N-methyl/N-ethyl adjacent to an activating group) is 1. The highest BCUT2D eigenvalue weighted by atomic mass is 19.3. The molecule has 214 valence electrons. The molecule has 1 atom stereocenters. The summed E-state index contributed by atoms with van der Waals surface area (Å²) < 4.78 is 47.8. The van der Waals surface area contributed by atoms with E-state index in [9.17, 15) is 18.4 Å². The lowest BCUT2D eigenvalue weighted by atomic mass is 10.1. The number of aromatic nitrogens is 1. The van der Waals surface area contributed by atoms with E-state index < -0.39 is 24.3 Å². The highest BCUT2D eigenvalue weighted by Gasteiger charge is 2.31. The molecule has 39 heavy (non-hydrogen) atoms. The van der Waals surface area contributed by atoms with Gasteiger partial charge in [-0.3, -0.25) is 4.79 Å². The third-order valence-electron chi connectivity index (χ3n) is 6.35. The number of rotatable bonds is 9. The molecule has 1 N–H and O–H groups in total. The van der Waals surface area contributed by atoms with E-state index in [0.29, 0.717) is 44.3 Å². The maximum atomic E-state index is 13.5. The van der Waals surface area contributed by atoms with Crippen LogP contribution in [-0.2, 0) is 4.74 Å². The van der Waals surface area contributed by atoms with Gasteiger partial charge in [0.1, 0.15) is 5.60 Å². The Labute approximate surface area is 226 Å². The molecule has 1 saturated carbocycles. The zero-order chi connectivity index (χ0) is 28.3. The first-order chi connectivity index (χ1) is 18.4. The molecule has 4 rings (SSSR count). The molecule has 1 aliphatic carbocycles. The van der Waals surface area contributed by atoms with Crippen LogP contribution in [0.25, 0.3) is 11.5 Å². The Kier molecular flexibility index (Phi) is 8.63. The molecule has 1 saturated heterocycles. The number of benzene rings is 1. The van der Waals surface area contributed by atoms with Crippen molar-refractivity contribution in [2.24, 2.45) is 5.92 Å². The van der Waals surface area contributed by atoms with E-state index in [1.54, 1.807) is 32.6 Å². The summed E-state index contributed by atoms with van der Waals surface area (Å²) in [6.07, 6.45) is 1.37. The molecule has 0 spiro atoms. The molecule has 1 aliphatic heterocycles. The standard InChI is InChI=1S/C27H36F2N4O6/c1-16(30-26(35)39-27(2,3)4)22-21(24(34)33-12-10-32(5)11-13-33)31-23(38-22)18-8-9-19(37-25(28)29)20(14-18)36-15-17-6-7-17/h8-9,14,16-17,25H,6-7,10-13,15H2,1-5H3,(H,30,35)/t16-/m0/s1. The zero-order valence-electron chi connectivity index (χ0n) is 23.0. The van der Waals surface area contributed by atoms with Gasteiger partial charge in [0.2, 0.25) is 5.89 Å². The Balaban J connectivity index is 1.66. The summed E-state index contributed by atoms with van der Waals surface area (Å²) in [7, 11) is 1.98. The van der Waals surface area contributed by atoms with Crippen LogP contribution >= 0.6 is 0 Å². The molecule has 2 amide bonds. The SMILES string of the molecule is C[C@H](NC(=O)OC(C)(C)C)c1oc(-c2ccc(OC(F)F)c(OCC3CC3)c2)nc1C(=O)N1CCN(C)CC1. The second kappa shape index (κ2) is 11.8. The first kappa shape index (κ1) is 28.6. The van der Waals surface area contributed by atoms with Crippen molar-refractivity contribution in [2.45, 2.75) is 58.8 Å². The van der Waals surface area contributed by atoms with Gasteiger partial charge in [-0.25, -0.2) is 9.78 Å². The average molecular weight is 551 g/mol. The monoisotopic (exact) mass is 550 g/mol. The highest BCUT2D eigenvalue weighted by Crippen LogP contribution is 2.37. The number of hydrogen-bond acceptors (Lipinski definition) is 8. The molecule has 12 heteroatoms. The van der Waals surface area contributed by atoms with Crippen molar-refractivity contribution in [1.29, 1.82) is 0 Å². The number of carbonyl (C=O) groups excluding carboxylic acids is 2. The predicted molar refractivity (Wildman–Crippen MR) is 138 cm³/mol. The maximum absolute atomic E-state index is 13.5. The van der Waals surface area contributed by atoms with E-state index >= 15 is 0 Å². The number of piperazine rings is 1. The molecular formula is C27H36F2N4O6. The molecule has 1 aromatic carbocycles. The van der Waals surface area contributed by atoms with Gasteiger partial charge in [-0.15, -0.1) is 0 Å². The van der Waals surface area contributed by atoms with Gasteiger partial charge < -0.3 is 33.7 Å². The molecule has 2 aliphatic rings. The van der Waals surface area contributed by atoms with Gasteiger partial charge in [0.15, 0.2) is 23.0 Å². The van der Waals surface area contributed by atoms with Crippen molar-refractivity contribution in [3.05, 3.63) is 29.7 Å². The van der Waals surface area contributed by atoms with E-state index in [-0.39, 0.29) is 34.8 Å². The lowest BCUT2D eigenvalue weighted by molar-refractivity contribution is -0.0515. The third kappa shape index (κ3) is 7.81. The first-order valence-corrected chi connectivity index (χ1v) is 13.1. The van der Waals surface area contributed by atoms with Crippen LogP contribution in [-0.4, -0.2) is 78.8 Å². The van der Waals surface area contributed by atoms with Gasteiger partial charge in [-0.1, -0.05) is 0 Å².